The summed E-state index contributed by atoms with van der Waals surface area (Å²) in [6.07, 6.45) is -2.96. The third kappa shape index (κ3) is 3.03. The first-order valence-electron chi connectivity index (χ1n) is 7.42. The maximum atomic E-state index is 10.5. The molecule has 2 fully saturated rings. The Hall–Kier alpha value is -1.02. The monoisotopic (exact) mass is 310 g/mol. The van der Waals surface area contributed by atoms with Gasteiger partial charge in [-0.1, -0.05) is 30.3 Å². The number of hydrogen-bond donors (Lipinski definition) is 1. The van der Waals surface area contributed by atoms with Gasteiger partial charge in [0.25, 0.3) is 5.97 Å². The van der Waals surface area contributed by atoms with Crippen LogP contribution in [0.5, 0.6) is 0 Å². The summed E-state index contributed by atoms with van der Waals surface area (Å²) in [5.41, 5.74) is 1.04. The summed E-state index contributed by atoms with van der Waals surface area (Å²) in [4.78, 5) is 0. The van der Waals surface area contributed by atoms with Crippen LogP contribution in [-0.4, -0.2) is 48.9 Å². The number of benzene rings is 1. The fourth-order valence-corrected chi connectivity index (χ4v) is 2.80. The van der Waals surface area contributed by atoms with Gasteiger partial charge < -0.3 is 24.1 Å². The number of rotatable bonds is 4. The molecule has 0 amide bonds. The lowest BCUT2D eigenvalue weighted by molar-refractivity contribution is -0.333. The van der Waals surface area contributed by atoms with Crippen LogP contribution in [0.1, 0.15) is 19.4 Å². The third-order valence-electron chi connectivity index (χ3n) is 4.09. The first-order chi connectivity index (χ1) is 10.5. The van der Waals surface area contributed by atoms with Crippen molar-refractivity contribution in [3.05, 3.63) is 35.9 Å². The first kappa shape index (κ1) is 15.9. The molecule has 0 aromatic heterocycles. The van der Waals surface area contributed by atoms with Crippen molar-refractivity contribution in [1.29, 1.82) is 0 Å². The van der Waals surface area contributed by atoms with Gasteiger partial charge in [0, 0.05) is 14.0 Å². The molecule has 2 saturated heterocycles. The molecule has 0 spiro atoms. The van der Waals surface area contributed by atoms with Crippen molar-refractivity contribution < 1.29 is 28.8 Å². The normalized spacial score (nSPS) is 41.4. The molecule has 0 aliphatic carbocycles. The molecule has 6 nitrogen and oxygen atoms in total. The minimum atomic E-state index is -1.20. The number of ether oxygens (including phenoxy) is 5. The van der Waals surface area contributed by atoms with Crippen molar-refractivity contribution in [1.82, 2.24) is 0 Å². The number of fused-ring (bicyclic) bond motifs is 1. The summed E-state index contributed by atoms with van der Waals surface area (Å²) in [6.45, 7) is 3.89. The van der Waals surface area contributed by atoms with Gasteiger partial charge in [0.1, 0.15) is 18.3 Å². The van der Waals surface area contributed by atoms with Crippen LogP contribution >= 0.6 is 0 Å². The number of methoxy groups -OCH3 is 1. The molecule has 0 bridgehead atoms. The summed E-state index contributed by atoms with van der Waals surface area (Å²) in [7, 11) is 1.48. The maximum absolute atomic E-state index is 10.5. The highest BCUT2D eigenvalue weighted by molar-refractivity contribution is 5.13. The van der Waals surface area contributed by atoms with Gasteiger partial charge in [-0.2, -0.15) is 0 Å². The molecule has 6 atom stereocenters. The number of aliphatic hydroxyl groups is 1. The van der Waals surface area contributed by atoms with Crippen molar-refractivity contribution in [2.45, 2.75) is 57.1 Å². The van der Waals surface area contributed by atoms with Crippen LogP contribution in [0.2, 0.25) is 0 Å². The van der Waals surface area contributed by atoms with E-state index in [2.05, 4.69) is 0 Å². The molecular formula is C16H22O6. The van der Waals surface area contributed by atoms with E-state index in [1.165, 1.54) is 7.11 Å². The van der Waals surface area contributed by atoms with Crippen LogP contribution < -0.4 is 0 Å². The van der Waals surface area contributed by atoms with Gasteiger partial charge >= 0.3 is 0 Å². The van der Waals surface area contributed by atoms with E-state index < -0.39 is 30.6 Å². The van der Waals surface area contributed by atoms with Crippen molar-refractivity contribution in [3.8, 4) is 0 Å². The highest BCUT2D eigenvalue weighted by atomic mass is 16.9. The predicted octanol–water partition coefficient (Wildman–Crippen LogP) is 1.41. The molecule has 2 heterocycles. The summed E-state index contributed by atoms with van der Waals surface area (Å²) < 4.78 is 28.0. The van der Waals surface area contributed by atoms with E-state index in [0.717, 1.165) is 5.56 Å². The van der Waals surface area contributed by atoms with E-state index in [-0.39, 0.29) is 6.10 Å². The second kappa shape index (κ2) is 6.23. The number of hydrogen-bond acceptors (Lipinski definition) is 6. The fraction of sp³-hybridized carbons (Fsp3) is 0.625. The molecule has 6 heteroatoms. The van der Waals surface area contributed by atoms with Crippen molar-refractivity contribution in [3.63, 3.8) is 0 Å². The first-order valence-corrected chi connectivity index (χ1v) is 7.42. The molecule has 1 aromatic rings. The predicted molar refractivity (Wildman–Crippen MR) is 76.7 cm³/mol. The van der Waals surface area contributed by atoms with Gasteiger partial charge in [-0.25, -0.2) is 0 Å². The smallest absolute Gasteiger partial charge is 0.282 e. The Morgan fingerprint density at radius 1 is 1.23 bits per heavy atom. The number of aliphatic hydroxyl groups excluding tert-OH is 1. The van der Waals surface area contributed by atoms with E-state index in [4.69, 9.17) is 23.7 Å². The van der Waals surface area contributed by atoms with E-state index in [1.54, 1.807) is 6.92 Å². The minimum Gasteiger partial charge on any atom is -0.387 e. The zero-order valence-corrected chi connectivity index (χ0v) is 13.0. The molecule has 1 aromatic carbocycles. The molecule has 22 heavy (non-hydrogen) atoms. The average Bonchev–Trinajstić information content (AvgIpc) is 2.86. The summed E-state index contributed by atoms with van der Waals surface area (Å²) in [5.74, 6) is -1.20. The van der Waals surface area contributed by atoms with Crippen LogP contribution in [0.15, 0.2) is 30.3 Å². The Labute approximate surface area is 129 Å². The van der Waals surface area contributed by atoms with Crippen LogP contribution in [-0.2, 0) is 30.3 Å². The second-order valence-corrected chi connectivity index (χ2v) is 5.73. The molecule has 0 saturated carbocycles. The van der Waals surface area contributed by atoms with Crippen LogP contribution in [0.25, 0.3) is 0 Å². The molecule has 0 radical (unpaired) electrons. The summed E-state index contributed by atoms with van der Waals surface area (Å²) >= 11 is 0. The van der Waals surface area contributed by atoms with Crippen molar-refractivity contribution in [2.24, 2.45) is 0 Å². The fourth-order valence-electron chi connectivity index (χ4n) is 2.80. The van der Waals surface area contributed by atoms with E-state index in [1.807, 2.05) is 37.3 Å². The van der Waals surface area contributed by atoms with Gasteiger partial charge in [0.15, 0.2) is 6.29 Å². The van der Waals surface area contributed by atoms with Gasteiger partial charge in [-0.15, -0.1) is 0 Å². The second-order valence-electron chi connectivity index (χ2n) is 5.73. The Kier molecular flexibility index (Phi) is 4.49. The maximum Gasteiger partial charge on any atom is 0.282 e. The molecule has 0 unspecified atom stereocenters. The molecule has 1 N–H and O–H groups in total. The molecule has 3 rings (SSSR count). The van der Waals surface area contributed by atoms with E-state index >= 15 is 0 Å². The van der Waals surface area contributed by atoms with Crippen LogP contribution in [0.3, 0.4) is 0 Å². The Balaban J connectivity index is 1.66. The average molecular weight is 310 g/mol. The molecular weight excluding hydrogens is 288 g/mol. The van der Waals surface area contributed by atoms with Gasteiger partial charge in [-0.3, -0.25) is 4.74 Å². The molecule has 122 valence electrons. The van der Waals surface area contributed by atoms with Crippen LogP contribution in [0.4, 0.5) is 0 Å². The van der Waals surface area contributed by atoms with E-state index in [0.29, 0.717) is 6.61 Å². The molecule has 2 aliphatic heterocycles. The van der Waals surface area contributed by atoms with Crippen molar-refractivity contribution >= 4 is 0 Å². The van der Waals surface area contributed by atoms with Crippen LogP contribution in [0, 0.1) is 0 Å². The summed E-state index contributed by atoms with van der Waals surface area (Å²) in [5, 5.41) is 10.5. The lowest BCUT2D eigenvalue weighted by atomic mass is 10.00. The third-order valence-corrected chi connectivity index (χ3v) is 4.09. The Bertz CT molecular complexity index is 495. The largest absolute Gasteiger partial charge is 0.387 e. The quantitative estimate of drug-likeness (QED) is 0.907. The zero-order valence-electron chi connectivity index (χ0n) is 13.0. The lowest BCUT2D eigenvalue weighted by Gasteiger charge is -2.38. The molecule has 2 aliphatic rings. The highest BCUT2D eigenvalue weighted by Gasteiger charge is 2.55. The van der Waals surface area contributed by atoms with Crippen molar-refractivity contribution in [2.75, 3.05) is 7.11 Å². The minimum absolute atomic E-state index is 0.317. The SMILES string of the molecule is CO[C@]1(C)O[C@H]2O[C@@H](C)[C@H](OCc3ccccc3)[C@@H](O)[C@H]2O1. The Morgan fingerprint density at radius 3 is 2.64 bits per heavy atom. The van der Waals surface area contributed by atoms with E-state index in [9.17, 15) is 5.11 Å². The highest BCUT2D eigenvalue weighted by Crippen LogP contribution is 2.37. The topological polar surface area (TPSA) is 66.4 Å². The van der Waals surface area contributed by atoms with Gasteiger partial charge in [-0.05, 0) is 12.5 Å². The Morgan fingerprint density at radius 2 is 1.95 bits per heavy atom. The lowest BCUT2D eigenvalue weighted by Crippen LogP contribution is -2.56. The van der Waals surface area contributed by atoms with Gasteiger partial charge in [0.05, 0.1) is 12.7 Å². The summed E-state index contributed by atoms with van der Waals surface area (Å²) in [6, 6.07) is 9.79. The van der Waals surface area contributed by atoms with Gasteiger partial charge in [0.2, 0.25) is 0 Å². The zero-order chi connectivity index (χ0) is 15.7. The standard InChI is InChI=1S/C16H22O6/c1-10-13(19-9-11-7-5-4-6-8-11)12(17)14-15(20-10)22-16(2,18-3)21-14/h4-8,10,12-15,17H,9H2,1-3H3/t10-,12+,13-,14+,15+,16-/m0/s1.